The van der Waals surface area contributed by atoms with Crippen LogP contribution < -0.4 is 0 Å². The first-order valence-corrected chi connectivity index (χ1v) is 6.08. The number of pyridine rings is 1. The minimum atomic E-state index is -4.58. The molecule has 0 aromatic carbocycles. The first-order chi connectivity index (χ1) is 8.80. The molecule has 1 fully saturated rings. The van der Waals surface area contributed by atoms with Crippen molar-refractivity contribution in [2.75, 3.05) is 6.61 Å². The van der Waals surface area contributed by atoms with Crippen LogP contribution in [0.2, 0.25) is 5.15 Å². The third kappa shape index (κ3) is 2.90. The monoisotopic (exact) mass is 293 g/mol. The molecule has 0 saturated carbocycles. The van der Waals surface area contributed by atoms with Crippen molar-refractivity contribution in [3.05, 3.63) is 28.5 Å². The standard InChI is InChI=1S/C12H11ClF3NO2/c1-6-4-5-19-10(6)9(18)7-2-3-8(12(14,15)16)17-11(7)13/h2-3,6,10H,4-5H2,1H3. The van der Waals surface area contributed by atoms with Crippen LogP contribution in [-0.4, -0.2) is 23.5 Å². The second-order valence-corrected chi connectivity index (χ2v) is 4.81. The van der Waals surface area contributed by atoms with Gasteiger partial charge in [0.2, 0.25) is 0 Å². The summed E-state index contributed by atoms with van der Waals surface area (Å²) in [6.07, 6.45) is -4.50. The Balaban J connectivity index is 2.29. The number of carbonyl (C=O) groups is 1. The lowest BCUT2D eigenvalue weighted by atomic mass is 9.97. The first-order valence-electron chi connectivity index (χ1n) is 5.70. The normalized spacial score (nSPS) is 23.6. The van der Waals surface area contributed by atoms with Crippen molar-refractivity contribution < 1.29 is 22.7 Å². The molecule has 1 aliphatic heterocycles. The molecule has 0 aliphatic carbocycles. The number of aromatic nitrogens is 1. The Kier molecular flexibility index (Phi) is 3.82. The second-order valence-electron chi connectivity index (χ2n) is 4.45. The third-order valence-electron chi connectivity index (χ3n) is 3.05. The summed E-state index contributed by atoms with van der Waals surface area (Å²) >= 11 is 5.67. The van der Waals surface area contributed by atoms with Gasteiger partial charge >= 0.3 is 6.18 Å². The SMILES string of the molecule is CC1CCOC1C(=O)c1ccc(C(F)(F)F)nc1Cl. The maximum absolute atomic E-state index is 12.4. The molecule has 2 heterocycles. The van der Waals surface area contributed by atoms with Crippen LogP contribution >= 0.6 is 11.6 Å². The van der Waals surface area contributed by atoms with Gasteiger partial charge in [-0.05, 0) is 24.5 Å². The number of alkyl halides is 3. The molecule has 1 aromatic heterocycles. The maximum Gasteiger partial charge on any atom is 0.433 e. The summed E-state index contributed by atoms with van der Waals surface area (Å²) < 4.78 is 42.6. The van der Waals surface area contributed by atoms with Gasteiger partial charge in [-0.3, -0.25) is 4.79 Å². The lowest BCUT2D eigenvalue weighted by molar-refractivity contribution is -0.141. The van der Waals surface area contributed by atoms with E-state index in [9.17, 15) is 18.0 Å². The van der Waals surface area contributed by atoms with Crippen LogP contribution in [0.5, 0.6) is 0 Å². The molecule has 2 rings (SSSR count). The van der Waals surface area contributed by atoms with E-state index in [1.54, 1.807) is 0 Å². The van der Waals surface area contributed by atoms with Crippen LogP contribution in [0.1, 0.15) is 29.4 Å². The van der Waals surface area contributed by atoms with E-state index in [2.05, 4.69) is 4.98 Å². The summed E-state index contributed by atoms with van der Waals surface area (Å²) in [5, 5.41) is -0.442. The van der Waals surface area contributed by atoms with Gasteiger partial charge in [-0.1, -0.05) is 18.5 Å². The topological polar surface area (TPSA) is 39.2 Å². The van der Waals surface area contributed by atoms with Crippen molar-refractivity contribution in [1.29, 1.82) is 0 Å². The highest BCUT2D eigenvalue weighted by atomic mass is 35.5. The van der Waals surface area contributed by atoms with Gasteiger partial charge in [0.1, 0.15) is 17.0 Å². The van der Waals surface area contributed by atoms with Crippen molar-refractivity contribution >= 4 is 17.4 Å². The average molecular weight is 294 g/mol. The third-order valence-corrected chi connectivity index (χ3v) is 3.34. The lowest BCUT2D eigenvalue weighted by Gasteiger charge is -2.14. The summed E-state index contributed by atoms with van der Waals surface area (Å²) in [5.74, 6) is -0.401. The molecule has 2 unspecified atom stereocenters. The van der Waals surface area contributed by atoms with Gasteiger partial charge in [-0.2, -0.15) is 13.2 Å². The highest BCUT2D eigenvalue weighted by Gasteiger charge is 2.36. The molecule has 0 bridgehead atoms. The molecule has 0 spiro atoms. The van der Waals surface area contributed by atoms with Crippen LogP contribution in [0.25, 0.3) is 0 Å². The van der Waals surface area contributed by atoms with E-state index in [1.807, 2.05) is 6.92 Å². The van der Waals surface area contributed by atoms with Crippen molar-refractivity contribution in [2.45, 2.75) is 25.6 Å². The van der Waals surface area contributed by atoms with Crippen molar-refractivity contribution in [3.8, 4) is 0 Å². The van der Waals surface area contributed by atoms with Crippen LogP contribution in [0.3, 0.4) is 0 Å². The molecule has 0 radical (unpaired) electrons. The molecule has 1 aromatic rings. The number of Topliss-reactive ketones (excluding diaryl/α,β-unsaturated/α-hetero) is 1. The fourth-order valence-electron chi connectivity index (χ4n) is 1.96. The summed E-state index contributed by atoms with van der Waals surface area (Å²) in [6.45, 7) is 2.31. The van der Waals surface area contributed by atoms with Crippen molar-refractivity contribution in [3.63, 3.8) is 0 Å². The molecule has 0 amide bonds. The van der Waals surface area contributed by atoms with Crippen LogP contribution in [-0.2, 0) is 10.9 Å². The molecule has 104 valence electrons. The Hall–Kier alpha value is -1.14. The second kappa shape index (κ2) is 5.09. The number of halogens is 4. The molecular formula is C12H11ClF3NO2. The zero-order valence-electron chi connectivity index (χ0n) is 10.00. The number of ether oxygens (including phenoxy) is 1. The lowest BCUT2D eigenvalue weighted by Crippen LogP contribution is -2.26. The van der Waals surface area contributed by atoms with Crippen LogP contribution in [0, 0.1) is 5.92 Å². The smallest absolute Gasteiger partial charge is 0.370 e. The zero-order chi connectivity index (χ0) is 14.2. The fraction of sp³-hybridized carbons (Fsp3) is 0.500. The molecule has 2 atom stereocenters. The predicted molar refractivity (Wildman–Crippen MR) is 62.1 cm³/mol. The van der Waals surface area contributed by atoms with E-state index in [1.165, 1.54) is 0 Å². The molecule has 1 saturated heterocycles. The largest absolute Gasteiger partial charge is 0.433 e. The summed E-state index contributed by atoms with van der Waals surface area (Å²) in [7, 11) is 0. The molecular weight excluding hydrogens is 283 g/mol. The van der Waals surface area contributed by atoms with Crippen LogP contribution in [0.4, 0.5) is 13.2 Å². The van der Waals surface area contributed by atoms with Gasteiger partial charge in [-0.25, -0.2) is 4.98 Å². The average Bonchev–Trinajstić information content (AvgIpc) is 2.73. The number of carbonyl (C=O) groups excluding carboxylic acids is 1. The summed E-state index contributed by atoms with van der Waals surface area (Å²) in [6, 6.07) is 1.80. The Bertz CT molecular complexity index is 504. The van der Waals surface area contributed by atoms with Gasteiger partial charge < -0.3 is 4.74 Å². The van der Waals surface area contributed by atoms with Gasteiger partial charge in [-0.15, -0.1) is 0 Å². The molecule has 7 heteroatoms. The molecule has 19 heavy (non-hydrogen) atoms. The Morgan fingerprint density at radius 2 is 2.16 bits per heavy atom. The predicted octanol–water partition coefficient (Wildman–Crippen LogP) is 3.36. The highest BCUT2D eigenvalue weighted by Crippen LogP contribution is 2.31. The molecule has 1 aliphatic rings. The number of rotatable bonds is 2. The van der Waals surface area contributed by atoms with E-state index >= 15 is 0 Å². The molecule has 0 N–H and O–H groups in total. The molecule has 3 nitrogen and oxygen atoms in total. The Morgan fingerprint density at radius 3 is 2.63 bits per heavy atom. The summed E-state index contributed by atoms with van der Waals surface area (Å²) in [5.41, 5.74) is -1.15. The minimum Gasteiger partial charge on any atom is -0.370 e. The van der Waals surface area contributed by atoms with Gasteiger partial charge in [0, 0.05) is 6.61 Å². The number of hydrogen-bond donors (Lipinski definition) is 0. The van der Waals surface area contributed by atoms with E-state index in [0.717, 1.165) is 18.6 Å². The maximum atomic E-state index is 12.4. The van der Waals surface area contributed by atoms with E-state index in [-0.39, 0.29) is 11.5 Å². The summed E-state index contributed by atoms with van der Waals surface area (Å²) in [4.78, 5) is 15.3. The van der Waals surface area contributed by atoms with Gasteiger partial charge in [0.25, 0.3) is 0 Å². The van der Waals surface area contributed by atoms with Crippen molar-refractivity contribution in [2.24, 2.45) is 5.92 Å². The number of nitrogens with zero attached hydrogens (tertiary/aromatic N) is 1. The quantitative estimate of drug-likeness (QED) is 0.620. The highest BCUT2D eigenvalue weighted by molar-refractivity contribution is 6.33. The van der Waals surface area contributed by atoms with E-state index in [0.29, 0.717) is 6.61 Å². The number of ketones is 1. The Morgan fingerprint density at radius 1 is 1.47 bits per heavy atom. The van der Waals surface area contributed by atoms with Gasteiger partial charge in [0.15, 0.2) is 5.78 Å². The number of hydrogen-bond acceptors (Lipinski definition) is 3. The fourth-order valence-corrected chi connectivity index (χ4v) is 2.21. The van der Waals surface area contributed by atoms with Crippen molar-refractivity contribution in [1.82, 2.24) is 4.98 Å². The Labute approximate surface area is 112 Å². The first kappa shape index (κ1) is 14.3. The van der Waals surface area contributed by atoms with E-state index < -0.39 is 28.9 Å². The van der Waals surface area contributed by atoms with Gasteiger partial charge in [0.05, 0.1) is 5.56 Å². The minimum absolute atomic E-state index is 0.0193. The van der Waals surface area contributed by atoms with Crippen LogP contribution in [0.15, 0.2) is 12.1 Å². The zero-order valence-corrected chi connectivity index (χ0v) is 10.8. The van der Waals surface area contributed by atoms with E-state index in [4.69, 9.17) is 16.3 Å².